The summed E-state index contributed by atoms with van der Waals surface area (Å²) in [6, 6.07) is 16.1. The minimum Gasteiger partial charge on any atom is -0.411 e. The number of hydrogen-bond acceptors (Lipinski definition) is 5. The fourth-order valence-electron chi connectivity index (χ4n) is 2.91. The number of aryl methyl sites for hydroxylation is 1. The molecule has 0 aliphatic rings. The predicted molar refractivity (Wildman–Crippen MR) is 110 cm³/mol. The molecule has 2 heterocycles. The van der Waals surface area contributed by atoms with Crippen molar-refractivity contribution in [1.82, 2.24) is 20.1 Å². The number of rotatable bonds is 6. The molecule has 4 rings (SSSR count). The summed E-state index contributed by atoms with van der Waals surface area (Å²) in [5.41, 5.74) is 4.18. The van der Waals surface area contributed by atoms with Gasteiger partial charge < -0.3 is 14.3 Å². The zero-order valence-electron chi connectivity index (χ0n) is 15.7. The number of carbonyl (C=O) groups excluding carboxylic acids is 1. The Morgan fingerprint density at radius 1 is 1.14 bits per heavy atom. The Morgan fingerprint density at radius 3 is 2.75 bits per heavy atom. The zero-order chi connectivity index (χ0) is 19.5. The highest BCUT2D eigenvalue weighted by Crippen LogP contribution is 2.29. The number of nitrogens with zero attached hydrogens (tertiary/aromatic N) is 3. The van der Waals surface area contributed by atoms with E-state index in [1.54, 1.807) is 11.9 Å². The average Bonchev–Trinajstić information content (AvgIpc) is 3.34. The van der Waals surface area contributed by atoms with Crippen LogP contribution in [0.15, 0.2) is 64.4 Å². The molecule has 7 heteroatoms. The van der Waals surface area contributed by atoms with Gasteiger partial charge in [0.05, 0.1) is 11.3 Å². The molecule has 0 saturated heterocycles. The smallest absolute Gasteiger partial charge is 0.277 e. The van der Waals surface area contributed by atoms with Gasteiger partial charge in [0.1, 0.15) is 0 Å². The maximum Gasteiger partial charge on any atom is 0.277 e. The third-order valence-electron chi connectivity index (χ3n) is 4.51. The van der Waals surface area contributed by atoms with Crippen LogP contribution in [0.3, 0.4) is 0 Å². The average molecular weight is 392 g/mol. The lowest BCUT2D eigenvalue weighted by Gasteiger charge is -2.16. The van der Waals surface area contributed by atoms with Gasteiger partial charge in [-0.05, 0) is 18.6 Å². The monoisotopic (exact) mass is 392 g/mol. The van der Waals surface area contributed by atoms with Crippen LogP contribution in [-0.4, -0.2) is 38.8 Å². The van der Waals surface area contributed by atoms with Gasteiger partial charge in [0.2, 0.25) is 5.91 Å². The van der Waals surface area contributed by atoms with E-state index in [0.29, 0.717) is 17.7 Å². The third-order valence-corrected chi connectivity index (χ3v) is 5.31. The van der Waals surface area contributed by atoms with Crippen LogP contribution in [0.4, 0.5) is 0 Å². The molecule has 0 saturated carbocycles. The summed E-state index contributed by atoms with van der Waals surface area (Å²) in [4.78, 5) is 17.3. The lowest BCUT2D eigenvalue weighted by Crippen LogP contribution is -2.27. The lowest BCUT2D eigenvalue weighted by molar-refractivity contribution is -0.127. The van der Waals surface area contributed by atoms with Crippen LogP contribution in [0.5, 0.6) is 0 Å². The van der Waals surface area contributed by atoms with Crippen molar-refractivity contribution >= 4 is 28.6 Å². The van der Waals surface area contributed by atoms with Gasteiger partial charge in [-0.2, -0.15) is 0 Å². The second-order valence-corrected chi connectivity index (χ2v) is 7.57. The Bertz CT molecular complexity index is 1100. The molecule has 0 spiro atoms. The Kier molecular flexibility index (Phi) is 5.16. The predicted octanol–water partition coefficient (Wildman–Crippen LogP) is 4.28. The van der Waals surface area contributed by atoms with E-state index in [-0.39, 0.29) is 11.7 Å². The molecule has 142 valence electrons. The summed E-state index contributed by atoms with van der Waals surface area (Å²) in [7, 11) is 1.80. The van der Waals surface area contributed by atoms with Crippen molar-refractivity contribution in [3.05, 3.63) is 65.9 Å². The summed E-state index contributed by atoms with van der Waals surface area (Å²) in [6.07, 6.45) is 1.85. The van der Waals surface area contributed by atoms with Crippen molar-refractivity contribution in [2.45, 2.75) is 18.7 Å². The number of para-hydroxylation sites is 1. The normalized spacial score (nSPS) is 11.1. The summed E-state index contributed by atoms with van der Waals surface area (Å²) in [6.45, 7) is 2.62. The van der Waals surface area contributed by atoms with Gasteiger partial charge in [0.15, 0.2) is 0 Å². The van der Waals surface area contributed by atoms with Crippen LogP contribution in [0, 0.1) is 6.92 Å². The van der Waals surface area contributed by atoms with E-state index < -0.39 is 0 Å². The van der Waals surface area contributed by atoms with Gasteiger partial charge in [0, 0.05) is 30.7 Å². The van der Waals surface area contributed by atoms with Crippen LogP contribution in [0.1, 0.15) is 11.1 Å². The molecule has 0 aliphatic carbocycles. The van der Waals surface area contributed by atoms with E-state index in [2.05, 4.69) is 15.2 Å². The van der Waals surface area contributed by atoms with Gasteiger partial charge in [-0.1, -0.05) is 59.8 Å². The largest absolute Gasteiger partial charge is 0.411 e. The van der Waals surface area contributed by atoms with Gasteiger partial charge in [0.25, 0.3) is 11.1 Å². The van der Waals surface area contributed by atoms with Crippen LogP contribution in [-0.2, 0) is 11.3 Å². The highest BCUT2D eigenvalue weighted by atomic mass is 32.2. The molecule has 2 aromatic heterocycles. The second-order valence-electron chi connectivity index (χ2n) is 6.65. The molecule has 0 aliphatic heterocycles. The van der Waals surface area contributed by atoms with Crippen molar-refractivity contribution in [3.8, 4) is 11.5 Å². The molecule has 28 heavy (non-hydrogen) atoms. The van der Waals surface area contributed by atoms with Crippen molar-refractivity contribution in [3.63, 3.8) is 0 Å². The SMILES string of the molecule is Cc1ccc(CN(C)C(=O)CSc2nnc(-c3c[nH]c4ccccc34)o2)cc1. The number of aromatic nitrogens is 3. The highest BCUT2D eigenvalue weighted by Gasteiger charge is 2.16. The first-order valence-electron chi connectivity index (χ1n) is 8.92. The summed E-state index contributed by atoms with van der Waals surface area (Å²) >= 11 is 1.25. The number of amides is 1. The Labute approximate surface area is 167 Å². The van der Waals surface area contributed by atoms with Crippen LogP contribution in [0.2, 0.25) is 0 Å². The second kappa shape index (κ2) is 7.90. The van der Waals surface area contributed by atoms with Crippen LogP contribution in [0.25, 0.3) is 22.4 Å². The summed E-state index contributed by atoms with van der Waals surface area (Å²) in [5, 5.41) is 9.60. The molecule has 0 atom stereocenters. The van der Waals surface area contributed by atoms with E-state index in [0.717, 1.165) is 22.0 Å². The van der Waals surface area contributed by atoms with E-state index >= 15 is 0 Å². The van der Waals surface area contributed by atoms with Gasteiger partial charge in [-0.25, -0.2) is 0 Å². The van der Waals surface area contributed by atoms with Gasteiger partial charge >= 0.3 is 0 Å². The maximum atomic E-state index is 12.4. The van der Waals surface area contributed by atoms with E-state index in [4.69, 9.17) is 4.42 Å². The van der Waals surface area contributed by atoms with E-state index in [1.165, 1.54) is 17.3 Å². The lowest BCUT2D eigenvalue weighted by atomic mass is 10.1. The number of benzene rings is 2. The molecule has 1 amide bonds. The fourth-order valence-corrected chi connectivity index (χ4v) is 3.62. The molecule has 0 fully saturated rings. The minimum atomic E-state index is 0.0115. The number of fused-ring (bicyclic) bond motifs is 1. The fraction of sp³-hybridized carbons (Fsp3) is 0.190. The molecule has 6 nitrogen and oxygen atoms in total. The number of aromatic amines is 1. The van der Waals surface area contributed by atoms with E-state index in [1.807, 2.05) is 61.7 Å². The first-order chi connectivity index (χ1) is 13.6. The minimum absolute atomic E-state index is 0.0115. The zero-order valence-corrected chi connectivity index (χ0v) is 16.5. The number of thioether (sulfide) groups is 1. The first-order valence-corrected chi connectivity index (χ1v) is 9.91. The molecular formula is C21H20N4O2S. The number of carbonyl (C=O) groups is 1. The van der Waals surface area contributed by atoms with E-state index in [9.17, 15) is 4.79 Å². The number of nitrogens with one attached hydrogen (secondary N) is 1. The Hall–Kier alpha value is -3.06. The Morgan fingerprint density at radius 2 is 1.93 bits per heavy atom. The van der Waals surface area contributed by atoms with Gasteiger partial charge in [-0.3, -0.25) is 4.79 Å². The topological polar surface area (TPSA) is 75.0 Å². The first kappa shape index (κ1) is 18.3. The van der Waals surface area contributed by atoms with Crippen molar-refractivity contribution in [2.75, 3.05) is 12.8 Å². The number of hydrogen-bond donors (Lipinski definition) is 1. The summed E-state index contributed by atoms with van der Waals surface area (Å²) in [5.74, 6) is 0.704. The quantitative estimate of drug-likeness (QED) is 0.496. The molecule has 0 unspecified atom stereocenters. The summed E-state index contributed by atoms with van der Waals surface area (Å²) < 4.78 is 5.75. The molecular weight excluding hydrogens is 372 g/mol. The molecule has 4 aromatic rings. The molecule has 1 N–H and O–H groups in total. The molecule has 0 bridgehead atoms. The van der Waals surface area contributed by atoms with Crippen molar-refractivity contribution in [2.24, 2.45) is 0 Å². The highest BCUT2D eigenvalue weighted by molar-refractivity contribution is 7.99. The van der Waals surface area contributed by atoms with Crippen LogP contribution >= 0.6 is 11.8 Å². The number of H-pyrrole nitrogens is 1. The van der Waals surface area contributed by atoms with Crippen LogP contribution < -0.4 is 0 Å². The standard InChI is InChI=1S/C21H20N4O2S/c1-14-7-9-15(10-8-14)12-25(2)19(26)13-28-21-24-23-20(27-21)17-11-22-18-6-4-3-5-16(17)18/h3-11,22H,12-13H2,1-2H3. The van der Waals surface area contributed by atoms with Crippen molar-refractivity contribution in [1.29, 1.82) is 0 Å². The van der Waals surface area contributed by atoms with Gasteiger partial charge in [-0.15, -0.1) is 10.2 Å². The molecule has 0 radical (unpaired) electrons. The molecule has 2 aromatic carbocycles. The maximum absolute atomic E-state index is 12.4. The van der Waals surface area contributed by atoms with Crippen molar-refractivity contribution < 1.29 is 9.21 Å². The Balaban J connectivity index is 1.37. The third kappa shape index (κ3) is 3.94.